The molecule has 1 atom stereocenters. The Morgan fingerprint density at radius 3 is 2.22 bits per heavy atom. The third kappa shape index (κ3) is 3.18. The summed E-state index contributed by atoms with van der Waals surface area (Å²) in [6.45, 7) is 1.57. The Hall–Kier alpha value is -1.15. The third-order valence-electron chi connectivity index (χ3n) is 6.87. The first-order valence-corrected chi connectivity index (χ1v) is 10.4. The molecule has 1 N–H and O–H groups in total. The predicted octanol–water partition coefficient (Wildman–Crippen LogP) is 3.87. The van der Waals surface area contributed by atoms with Crippen molar-refractivity contribution < 1.29 is 23.1 Å². The molecule has 4 aliphatic carbocycles. The molecule has 4 aliphatic rings. The fourth-order valence-corrected chi connectivity index (χ4v) is 6.79. The number of rotatable bonds is 4. The van der Waals surface area contributed by atoms with E-state index in [2.05, 4.69) is 4.98 Å². The summed E-state index contributed by atoms with van der Waals surface area (Å²) in [6, 6.07) is 0.000754. The van der Waals surface area contributed by atoms with Crippen LogP contribution in [0.4, 0.5) is 13.2 Å². The predicted molar refractivity (Wildman–Crippen MR) is 95.0 cm³/mol. The van der Waals surface area contributed by atoms with Crippen LogP contribution in [0.3, 0.4) is 0 Å². The van der Waals surface area contributed by atoms with Crippen molar-refractivity contribution in [3.8, 4) is 0 Å². The van der Waals surface area contributed by atoms with Gasteiger partial charge in [-0.15, -0.1) is 11.3 Å². The van der Waals surface area contributed by atoms with E-state index in [-0.39, 0.29) is 6.04 Å². The van der Waals surface area contributed by atoms with E-state index in [0.717, 1.165) is 48.9 Å². The van der Waals surface area contributed by atoms with Crippen molar-refractivity contribution in [2.24, 2.45) is 23.7 Å². The van der Waals surface area contributed by atoms with Gasteiger partial charge in [0.05, 0.1) is 6.42 Å². The highest BCUT2D eigenvalue weighted by Crippen LogP contribution is 2.55. The minimum atomic E-state index is -4.96. The van der Waals surface area contributed by atoms with Crippen LogP contribution < -0.4 is 0 Å². The van der Waals surface area contributed by atoms with Crippen LogP contribution in [0, 0.1) is 30.6 Å². The average molecular weight is 402 g/mol. The van der Waals surface area contributed by atoms with Gasteiger partial charge in [-0.05, 0) is 62.7 Å². The Morgan fingerprint density at radius 2 is 1.78 bits per heavy atom. The summed E-state index contributed by atoms with van der Waals surface area (Å²) in [5.74, 6) is 1.56. The monoisotopic (exact) mass is 402 g/mol. The molecule has 0 aromatic carbocycles. The molecule has 5 rings (SSSR count). The van der Waals surface area contributed by atoms with Gasteiger partial charge < -0.3 is 10.0 Å². The van der Waals surface area contributed by atoms with E-state index in [1.54, 1.807) is 14.0 Å². The number of aromatic nitrogens is 1. The molecule has 0 aliphatic heterocycles. The van der Waals surface area contributed by atoms with Crippen molar-refractivity contribution >= 4 is 17.2 Å². The molecule has 1 heterocycles. The summed E-state index contributed by atoms with van der Waals surface area (Å²) in [5, 5.41) is 11.5. The first-order chi connectivity index (χ1) is 12.6. The van der Waals surface area contributed by atoms with Crippen LogP contribution in [0.5, 0.6) is 0 Å². The van der Waals surface area contributed by atoms with Crippen LogP contribution in [-0.2, 0) is 10.4 Å². The number of hydrogen-bond donors (Lipinski definition) is 1. The van der Waals surface area contributed by atoms with Gasteiger partial charge in [-0.2, -0.15) is 13.2 Å². The molecule has 1 aromatic heterocycles. The maximum Gasteiger partial charge on any atom is 0.424 e. The van der Waals surface area contributed by atoms with Gasteiger partial charge in [0.15, 0.2) is 0 Å². The molecule has 4 saturated carbocycles. The minimum absolute atomic E-state index is 0.000754. The maximum absolute atomic E-state index is 13.7. The molecule has 150 valence electrons. The SMILES string of the molecule is Cc1csc(C(O)(CC(=O)N(C)C2C3CC4CC(C3)CC2C4)C(F)(F)F)n1. The van der Waals surface area contributed by atoms with Crippen molar-refractivity contribution in [3.05, 3.63) is 16.1 Å². The topological polar surface area (TPSA) is 53.4 Å². The van der Waals surface area contributed by atoms with Crippen LogP contribution in [-0.4, -0.2) is 40.2 Å². The number of alkyl halides is 3. The summed E-state index contributed by atoms with van der Waals surface area (Å²) >= 11 is 0.744. The number of carbonyl (C=O) groups is 1. The van der Waals surface area contributed by atoms with Crippen LogP contribution in [0.1, 0.15) is 49.2 Å². The lowest BCUT2D eigenvalue weighted by Crippen LogP contribution is -2.57. The summed E-state index contributed by atoms with van der Waals surface area (Å²) in [6.07, 6.45) is -0.404. The Balaban J connectivity index is 1.55. The number of carbonyl (C=O) groups excluding carboxylic acids is 1. The molecular weight excluding hydrogens is 377 g/mol. The summed E-state index contributed by atoms with van der Waals surface area (Å²) in [5.41, 5.74) is -2.83. The van der Waals surface area contributed by atoms with Crippen molar-refractivity contribution in [2.75, 3.05) is 7.05 Å². The number of aryl methyl sites for hydroxylation is 1. The van der Waals surface area contributed by atoms with E-state index >= 15 is 0 Å². The van der Waals surface area contributed by atoms with Gasteiger partial charge in [-0.25, -0.2) is 4.98 Å². The minimum Gasteiger partial charge on any atom is -0.374 e. The largest absolute Gasteiger partial charge is 0.424 e. The molecule has 1 unspecified atom stereocenters. The summed E-state index contributed by atoms with van der Waals surface area (Å²) < 4.78 is 41.1. The third-order valence-corrected chi connectivity index (χ3v) is 7.98. The Morgan fingerprint density at radius 1 is 1.22 bits per heavy atom. The number of thiazole rings is 1. The smallest absolute Gasteiger partial charge is 0.374 e. The fraction of sp³-hybridized carbons (Fsp3) is 0.789. The van der Waals surface area contributed by atoms with Crippen LogP contribution in [0.2, 0.25) is 0 Å². The molecular formula is C19H25F3N2O2S. The van der Waals surface area contributed by atoms with Crippen LogP contribution >= 0.6 is 11.3 Å². The highest BCUT2D eigenvalue weighted by Gasteiger charge is 2.59. The van der Waals surface area contributed by atoms with Crippen LogP contribution in [0.15, 0.2) is 5.38 Å². The van der Waals surface area contributed by atoms with Gasteiger partial charge >= 0.3 is 6.18 Å². The number of amides is 1. The quantitative estimate of drug-likeness (QED) is 0.832. The van der Waals surface area contributed by atoms with E-state index < -0.39 is 29.1 Å². The second-order valence-electron chi connectivity index (χ2n) is 8.75. The standard InChI is InChI=1S/C19H25F3N2O2S/c1-10-9-27-17(23-10)18(26,19(20,21)22)8-15(25)24(2)16-13-4-11-3-12(6-13)7-14(16)5-11/h9,11-14,16,26H,3-8H2,1-2H3. The number of halogens is 3. The van der Waals surface area contributed by atoms with E-state index in [1.807, 2.05) is 0 Å². The van der Waals surface area contributed by atoms with Crippen LogP contribution in [0.25, 0.3) is 0 Å². The zero-order valence-corrected chi connectivity index (χ0v) is 16.3. The molecule has 0 spiro atoms. The average Bonchev–Trinajstić information content (AvgIpc) is 2.99. The van der Waals surface area contributed by atoms with Gasteiger partial charge in [0.2, 0.25) is 11.5 Å². The van der Waals surface area contributed by atoms with Crippen molar-refractivity contribution in [1.82, 2.24) is 9.88 Å². The Bertz CT molecular complexity index is 707. The first-order valence-electron chi connectivity index (χ1n) is 9.56. The van der Waals surface area contributed by atoms with Crippen molar-refractivity contribution in [1.29, 1.82) is 0 Å². The molecule has 8 heteroatoms. The molecule has 1 aromatic rings. The van der Waals surface area contributed by atoms with Crippen molar-refractivity contribution in [2.45, 2.75) is 63.3 Å². The second-order valence-corrected chi connectivity index (χ2v) is 9.61. The lowest BCUT2D eigenvalue weighted by atomic mass is 9.54. The fourth-order valence-electron chi connectivity index (χ4n) is 5.88. The Kier molecular flexibility index (Phi) is 4.57. The zero-order valence-electron chi connectivity index (χ0n) is 15.5. The lowest BCUT2D eigenvalue weighted by molar-refractivity contribution is -0.268. The van der Waals surface area contributed by atoms with Crippen molar-refractivity contribution in [3.63, 3.8) is 0 Å². The molecule has 27 heavy (non-hydrogen) atoms. The first kappa shape index (κ1) is 19.2. The molecule has 4 fully saturated rings. The lowest BCUT2D eigenvalue weighted by Gasteiger charge is -2.56. The summed E-state index contributed by atoms with van der Waals surface area (Å²) in [4.78, 5) is 18.2. The molecule has 4 nitrogen and oxygen atoms in total. The van der Waals surface area contributed by atoms with Gasteiger partial charge in [0.1, 0.15) is 5.01 Å². The molecule has 0 saturated heterocycles. The van der Waals surface area contributed by atoms with Gasteiger partial charge in [0.25, 0.3) is 0 Å². The number of hydrogen-bond acceptors (Lipinski definition) is 4. The summed E-state index contributed by atoms with van der Waals surface area (Å²) in [7, 11) is 1.61. The molecule has 4 bridgehead atoms. The van der Waals surface area contributed by atoms with E-state index in [1.165, 1.54) is 16.7 Å². The van der Waals surface area contributed by atoms with Gasteiger partial charge in [-0.3, -0.25) is 4.79 Å². The van der Waals surface area contributed by atoms with E-state index in [4.69, 9.17) is 0 Å². The number of nitrogens with zero attached hydrogens (tertiary/aromatic N) is 2. The molecule has 0 radical (unpaired) electrons. The Labute approximate surface area is 160 Å². The highest BCUT2D eigenvalue weighted by atomic mass is 32.1. The maximum atomic E-state index is 13.7. The zero-order chi connectivity index (χ0) is 19.6. The second kappa shape index (κ2) is 6.44. The van der Waals surface area contributed by atoms with Gasteiger partial charge in [0, 0.05) is 24.2 Å². The van der Waals surface area contributed by atoms with E-state index in [9.17, 15) is 23.1 Å². The molecule has 1 amide bonds. The highest BCUT2D eigenvalue weighted by molar-refractivity contribution is 7.09. The van der Waals surface area contributed by atoms with Gasteiger partial charge in [-0.1, -0.05) is 0 Å². The normalized spacial score (nSPS) is 34.5. The number of aliphatic hydroxyl groups is 1. The van der Waals surface area contributed by atoms with E-state index in [0.29, 0.717) is 17.5 Å².